The number of pyridine rings is 1. The van der Waals surface area contributed by atoms with Crippen LogP contribution in [-0.4, -0.2) is 43.3 Å². The van der Waals surface area contributed by atoms with E-state index in [-0.39, 0.29) is 18.0 Å². The Hall–Kier alpha value is -3.24. The molecule has 7 nitrogen and oxygen atoms in total. The van der Waals surface area contributed by atoms with Crippen molar-refractivity contribution in [3.63, 3.8) is 0 Å². The molecule has 4 rings (SSSR count). The van der Waals surface area contributed by atoms with Gasteiger partial charge in [0.1, 0.15) is 6.61 Å². The summed E-state index contributed by atoms with van der Waals surface area (Å²) in [5.74, 6) is -2.34. The smallest absolute Gasteiger partial charge is 0.270 e. The topological polar surface area (TPSA) is 87.3 Å². The molecular formula is C24H25F2N5O2S. The van der Waals surface area contributed by atoms with Crippen molar-refractivity contribution in [3.05, 3.63) is 64.7 Å². The molecule has 10 heteroatoms. The number of aliphatic hydroxyl groups excluding tert-OH is 1. The number of rotatable bonds is 5. The lowest BCUT2D eigenvalue weighted by Crippen LogP contribution is -2.37. The molecule has 2 aromatic heterocycles. The van der Waals surface area contributed by atoms with Crippen molar-refractivity contribution in [3.8, 4) is 11.5 Å². The lowest BCUT2D eigenvalue weighted by molar-refractivity contribution is 0.0168. The minimum Gasteiger partial charge on any atom is -0.388 e. The molecule has 0 bridgehead atoms. The fourth-order valence-electron chi connectivity index (χ4n) is 3.97. The zero-order valence-corrected chi connectivity index (χ0v) is 19.9. The SMILES string of the molecule is Cc1cc(NC(=S)N2CC=C(c3ncc(-c4nc(CO)no4)cc3C)CC2)ccc1C(C)(F)F. The van der Waals surface area contributed by atoms with Crippen LogP contribution in [0.2, 0.25) is 0 Å². The molecule has 0 amide bonds. The molecule has 0 radical (unpaired) electrons. The van der Waals surface area contributed by atoms with Gasteiger partial charge >= 0.3 is 0 Å². The predicted octanol–water partition coefficient (Wildman–Crippen LogP) is 4.84. The Morgan fingerprint density at radius 1 is 1.26 bits per heavy atom. The fraction of sp³-hybridized carbons (Fsp3) is 0.333. The van der Waals surface area contributed by atoms with Gasteiger partial charge in [-0.3, -0.25) is 4.98 Å². The molecule has 0 aliphatic carbocycles. The van der Waals surface area contributed by atoms with Crippen LogP contribution in [0.3, 0.4) is 0 Å². The van der Waals surface area contributed by atoms with Crippen molar-refractivity contribution >= 4 is 28.6 Å². The summed E-state index contributed by atoms with van der Waals surface area (Å²) in [6.45, 7) is 5.56. The van der Waals surface area contributed by atoms with Crippen molar-refractivity contribution in [2.75, 3.05) is 18.4 Å². The van der Waals surface area contributed by atoms with Crippen molar-refractivity contribution in [2.45, 2.75) is 39.7 Å². The third kappa shape index (κ3) is 5.13. The van der Waals surface area contributed by atoms with Gasteiger partial charge in [0, 0.05) is 37.5 Å². The number of anilines is 1. The Bertz CT molecular complexity index is 1250. The maximum atomic E-state index is 13.6. The van der Waals surface area contributed by atoms with Gasteiger partial charge in [-0.1, -0.05) is 17.3 Å². The highest BCUT2D eigenvalue weighted by atomic mass is 32.1. The van der Waals surface area contributed by atoms with Crippen LogP contribution in [0.15, 0.2) is 41.1 Å². The zero-order valence-electron chi connectivity index (χ0n) is 19.1. The first-order valence-corrected chi connectivity index (χ1v) is 11.2. The Balaban J connectivity index is 1.42. The summed E-state index contributed by atoms with van der Waals surface area (Å²) in [7, 11) is 0. The van der Waals surface area contributed by atoms with E-state index in [4.69, 9.17) is 21.8 Å². The largest absolute Gasteiger partial charge is 0.388 e. The van der Waals surface area contributed by atoms with Crippen molar-refractivity contribution in [2.24, 2.45) is 0 Å². The maximum Gasteiger partial charge on any atom is 0.270 e. The van der Waals surface area contributed by atoms with E-state index >= 15 is 0 Å². The second kappa shape index (κ2) is 9.55. The Morgan fingerprint density at radius 3 is 2.65 bits per heavy atom. The average molecular weight is 486 g/mol. The highest BCUT2D eigenvalue weighted by molar-refractivity contribution is 7.80. The van der Waals surface area contributed by atoms with Gasteiger partial charge in [0.2, 0.25) is 0 Å². The number of alkyl halides is 2. The van der Waals surface area contributed by atoms with Gasteiger partial charge in [-0.15, -0.1) is 0 Å². The Kier molecular flexibility index (Phi) is 6.72. The minimum absolute atomic E-state index is 0.0105. The van der Waals surface area contributed by atoms with Crippen molar-refractivity contribution in [1.29, 1.82) is 0 Å². The van der Waals surface area contributed by atoms with Gasteiger partial charge in [-0.2, -0.15) is 4.98 Å². The Morgan fingerprint density at radius 2 is 2.06 bits per heavy atom. The van der Waals surface area contributed by atoms with Gasteiger partial charge in [-0.05, 0) is 67.4 Å². The number of halogens is 2. The van der Waals surface area contributed by atoms with Crippen LogP contribution < -0.4 is 5.32 Å². The van der Waals surface area contributed by atoms with Crippen molar-refractivity contribution < 1.29 is 18.4 Å². The van der Waals surface area contributed by atoms with Crippen LogP contribution in [0, 0.1) is 13.8 Å². The molecule has 3 heterocycles. The van der Waals surface area contributed by atoms with E-state index in [9.17, 15) is 8.78 Å². The van der Waals surface area contributed by atoms with Gasteiger partial charge in [0.05, 0.1) is 11.3 Å². The second-order valence-corrected chi connectivity index (χ2v) is 8.72. The van der Waals surface area contributed by atoms with Crippen LogP contribution >= 0.6 is 12.2 Å². The first-order valence-electron chi connectivity index (χ1n) is 10.8. The summed E-state index contributed by atoms with van der Waals surface area (Å²) in [6.07, 6.45) is 4.53. The monoisotopic (exact) mass is 485 g/mol. The van der Waals surface area contributed by atoms with E-state index in [0.29, 0.717) is 40.9 Å². The average Bonchev–Trinajstić information content (AvgIpc) is 3.28. The number of thiocarbonyl (C=S) groups is 1. The highest BCUT2D eigenvalue weighted by Gasteiger charge is 2.26. The highest BCUT2D eigenvalue weighted by Crippen LogP contribution is 2.31. The maximum absolute atomic E-state index is 13.6. The first-order chi connectivity index (χ1) is 16.2. The summed E-state index contributed by atoms with van der Waals surface area (Å²) in [4.78, 5) is 10.7. The molecule has 0 saturated heterocycles. The van der Waals surface area contributed by atoms with E-state index in [2.05, 4.69) is 26.5 Å². The number of aliphatic hydroxyl groups is 1. The number of nitrogens with one attached hydrogen (secondary N) is 1. The lowest BCUT2D eigenvalue weighted by atomic mass is 10.00. The predicted molar refractivity (Wildman–Crippen MR) is 129 cm³/mol. The van der Waals surface area contributed by atoms with Crippen LogP contribution in [0.25, 0.3) is 17.0 Å². The van der Waals surface area contributed by atoms with Crippen LogP contribution in [0.4, 0.5) is 14.5 Å². The van der Waals surface area contributed by atoms with Crippen LogP contribution in [-0.2, 0) is 12.5 Å². The quantitative estimate of drug-likeness (QED) is 0.497. The van der Waals surface area contributed by atoms with Gasteiger partial charge in [-0.25, -0.2) is 8.78 Å². The van der Waals surface area contributed by atoms with E-state index in [1.54, 1.807) is 25.3 Å². The van der Waals surface area contributed by atoms with Gasteiger partial charge in [0.25, 0.3) is 11.8 Å². The molecule has 0 unspecified atom stereocenters. The molecule has 0 spiro atoms. The number of hydrogen-bond acceptors (Lipinski definition) is 6. The lowest BCUT2D eigenvalue weighted by Gasteiger charge is -2.29. The van der Waals surface area contributed by atoms with Gasteiger partial charge in [0.15, 0.2) is 10.9 Å². The number of hydrogen-bond donors (Lipinski definition) is 2. The number of aromatic nitrogens is 3. The molecular weight excluding hydrogens is 460 g/mol. The third-order valence-electron chi connectivity index (χ3n) is 5.69. The molecule has 0 saturated carbocycles. The summed E-state index contributed by atoms with van der Waals surface area (Å²) in [5, 5.41) is 16.5. The molecule has 0 fully saturated rings. The summed E-state index contributed by atoms with van der Waals surface area (Å²) in [5.41, 5.74) is 4.90. The Labute approximate surface area is 201 Å². The normalized spacial score (nSPS) is 14.2. The molecule has 1 aromatic carbocycles. The molecule has 178 valence electrons. The molecule has 3 aromatic rings. The molecule has 1 aliphatic heterocycles. The summed E-state index contributed by atoms with van der Waals surface area (Å²) >= 11 is 5.55. The number of aryl methyl sites for hydroxylation is 2. The van der Waals surface area contributed by atoms with Crippen LogP contribution in [0.5, 0.6) is 0 Å². The third-order valence-corrected chi connectivity index (χ3v) is 6.05. The van der Waals surface area contributed by atoms with E-state index < -0.39 is 5.92 Å². The summed E-state index contributed by atoms with van der Waals surface area (Å²) < 4.78 is 32.4. The second-order valence-electron chi connectivity index (χ2n) is 8.34. The van der Waals surface area contributed by atoms with Crippen LogP contribution in [0.1, 0.15) is 41.6 Å². The zero-order chi connectivity index (χ0) is 24.5. The van der Waals surface area contributed by atoms with Crippen molar-refractivity contribution in [1.82, 2.24) is 20.0 Å². The first kappa shape index (κ1) is 23.9. The molecule has 0 atom stereocenters. The van der Waals surface area contributed by atoms with E-state index in [1.165, 1.54) is 6.07 Å². The van der Waals surface area contributed by atoms with E-state index in [1.807, 2.05) is 17.9 Å². The van der Waals surface area contributed by atoms with Gasteiger partial charge < -0.3 is 19.8 Å². The minimum atomic E-state index is -2.88. The summed E-state index contributed by atoms with van der Waals surface area (Å²) in [6, 6.07) is 6.68. The molecule has 1 aliphatic rings. The number of benzene rings is 1. The standard InChI is InChI=1S/C24H25F2N5O2S/c1-14-11-18(4-5-19(14)24(3,25)26)28-23(34)31-8-6-16(7-9-31)21-15(2)10-17(12-27-21)22-29-20(13-32)30-33-22/h4-6,10-12,32H,7-9,13H2,1-3H3,(H,28,34). The molecule has 34 heavy (non-hydrogen) atoms. The fourth-order valence-corrected chi connectivity index (χ4v) is 4.25. The molecule has 2 N–H and O–H groups in total. The number of nitrogens with zero attached hydrogens (tertiary/aromatic N) is 4. The van der Waals surface area contributed by atoms with E-state index in [0.717, 1.165) is 30.2 Å².